The van der Waals surface area contributed by atoms with Crippen LogP contribution in [0.25, 0.3) is 0 Å². The second kappa shape index (κ2) is 9.40. The molecule has 0 atom stereocenters. The monoisotopic (exact) mass is 327 g/mol. The Morgan fingerprint density at radius 3 is 2.68 bits per heavy atom. The van der Waals surface area contributed by atoms with Gasteiger partial charge in [-0.2, -0.15) is 0 Å². The molecule has 1 heterocycles. The lowest BCUT2D eigenvalue weighted by Gasteiger charge is -2.27. The second-order valence-electron chi connectivity index (χ2n) is 4.89. The molecule has 0 spiro atoms. The molecular weight excluding hydrogens is 306 g/mol. The molecule has 1 saturated heterocycles. The number of ether oxygens (including phenoxy) is 1. The Morgan fingerprint density at radius 1 is 1.27 bits per heavy atom. The van der Waals surface area contributed by atoms with Gasteiger partial charge in [0.05, 0.1) is 13.2 Å². The predicted octanol–water partition coefficient (Wildman–Crippen LogP) is 1.13. The molecule has 0 aliphatic carbocycles. The predicted molar refractivity (Wildman–Crippen MR) is 87.6 cm³/mol. The van der Waals surface area contributed by atoms with Crippen LogP contribution in [0.2, 0.25) is 0 Å². The third kappa shape index (κ3) is 5.29. The van der Waals surface area contributed by atoms with E-state index >= 15 is 0 Å². The van der Waals surface area contributed by atoms with Gasteiger partial charge in [0, 0.05) is 37.3 Å². The van der Waals surface area contributed by atoms with Gasteiger partial charge in [-0.1, -0.05) is 6.07 Å². The summed E-state index contributed by atoms with van der Waals surface area (Å²) < 4.78 is 5.24. The Bertz CT molecular complexity index is 505. The smallest absolute Gasteiger partial charge is 0.254 e. The standard InChI is InChI=1S/C15H21N3O3.ClH/c1-16-6-5-14(19)17-13-4-2-3-12(11-13)15(20)18-7-9-21-10-8-18;/h2-4,11,16H,5-10H2,1H3,(H,17,19);1H. The Kier molecular flexibility index (Phi) is 7.87. The van der Waals surface area contributed by atoms with E-state index in [0.717, 1.165) is 0 Å². The van der Waals surface area contributed by atoms with Gasteiger partial charge in [0.15, 0.2) is 0 Å². The number of amides is 2. The highest BCUT2D eigenvalue weighted by Crippen LogP contribution is 2.14. The van der Waals surface area contributed by atoms with Crippen LogP contribution in [0.1, 0.15) is 16.8 Å². The van der Waals surface area contributed by atoms with Gasteiger partial charge in [0.1, 0.15) is 0 Å². The summed E-state index contributed by atoms with van der Waals surface area (Å²) >= 11 is 0. The first kappa shape index (κ1) is 18.4. The van der Waals surface area contributed by atoms with Crippen molar-refractivity contribution in [2.45, 2.75) is 6.42 Å². The number of hydrogen-bond acceptors (Lipinski definition) is 4. The van der Waals surface area contributed by atoms with E-state index in [1.54, 1.807) is 36.2 Å². The SMILES string of the molecule is CNCCC(=O)Nc1cccc(C(=O)N2CCOCC2)c1.Cl. The molecule has 0 aromatic heterocycles. The van der Waals surface area contributed by atoms with E-state index < -0.39 is 0 Å². The summed E-state index contributed by atoms with van der Waals surface area (Å²) in [6.07, 6.45) is 0.401. The van der Waals surface area contributed by atoms with Crippen LogP contribution < -0.4 is 10.6 Å². The zero-order chi connectivity index (χ0) is 15.1. The fourth-order valence-electron chi connectivity index (χ4n) is 2.14. The highest BCUT2D eigenvalue weighted by Gasteiger charge is 2.18. The van der Waals surface area contributed by atoms with Crippen molar-refractivity contribution in [3.05, 3.63) is 29.8 Å². The molecule has 0 saturated carbocycles. The minimum atomic E-state index is -0.0691. The Balaban J connectivity index is 0.00000242. The van der Waals surface area contributed by atoms with Crippen molar-refractivity contribution in [1.29, 1.82) is 0 Å². The first-order chi connectivity index (χ1) is 10.2. The van der Waals surface area contributed by atoms with E-state index in [0.29, 0.717) is 50.5 Å². The zero-order valence-electron chi connectivity index (χ0n) is 12.6. The maximum atomic E-state index is 12.4. The van der Waals surface area contributed by atoms with Crippen molar-refractivity contribution < 1.29 is 14.3 Å². The molecule has 6 nitrogen and oxygen atoms in total. The molecule has 2 amide bonds. The number of nitrogens with one attached hydrogen (secondary N) is 2. The van der Waals surface area contributed by atoms with Crippen LogP contribution in [-0.2, 0) is 9.53 Å². The van der Waals surface area contributed by atoms with Crippen molar-refractivity contribution in [2.75, 3.05) is 45.2 Å². The number of anilines is 1. The van der Waals surface area contributed by atoms with Gasteiger partial charge in [-0.15, -0.1) is 12.4 Å². The topological polar surface area (TPSA) is 70.7 Å². The van der Waals surface area contributed by atoms with E-state index in [4.69, 9.17) is 4.74 Å². The number of carbonyl (C=O) groups excluding carboxylic acids is 2. The molecule has 2 N–H and O–H groups in total. The van der Waals surface area contributed by atoms with Gasteiger partial charge in [0.2, 0.25) is 5.91 Å². The summed E-state index contributed by atoms with van der Waals surface area (Å²) in [6, 6.07) is 7.05. The minimum absolute atomic E-state index is 0. The van der Waals surface area contributed by atoms with E-state index in [2.05, 4.69) is 10.6 Å². The molecule has 0 bridgehead atoms. The maximum Gasteiger partial charge on any atom is 0.254 e. The van der Waals surface area contributed by atoms with Crippen molar-refractivity contribution in [2.24, 2.45) is 0 Å². The molecule has 1 aliphatic rings. The molecule has 1 aromatic rings. The van der Waals surface area contributed by atoms with Crippen molar-refractivity contribution in [1.82, 2.24) is 10.2 Å². The summed E-state index contributed by atoms with van der Waals surface area (Å²) in [4.78, 5) is 25.8. The molecule has 7 heteroatoms. The van der Waals surface area contributed by atoms with Crippen molar-refractivity contribution >= 4 is 29.9 Å². The minimum Gasteiger partial charge on any atom is -0.378 e. The van der Waals surface area contributed by atoms with Crippen LogP contribution in [0.15, 0.2) is 24.3 Å². The number of benzene rings is 1. The summed E-state index contributed by atoms with van der Waals surface area (Å²) in [6.45, 7) is 2.99. The fourth-order valence-corrected chi connectivity index (χ4v) is 2.14. The van der Waals surface area contributed by atoms with Crippen molar-refractivity contribution in [3.8, 4) is 0 Å². The van der Waals surface area contributed by atoms with Gasteiger partial charge in [-0.05, 0) is 25.2 Å². The Hall–Kier alpha value is -1.63. The lowest BCUT2D eigenvalue weighted by Crippen LogP contribution is -2.40. The molecule has 1 fully saturated rings. The first-order valence-corrected chi connectivity index (χ1v) is 7.12. The number of halogens is 1. The normalized spacial score (nSPS) is 14.1. The van der Waals surface area contributed by atoms with Crippen LogP contribution >= 0.6 is 12.4 Å². The maximum absolute atomic E-state index is 12.4. The third-order valence-electron chi connectivity index (χ3n) is 3.29. The Morgan fingerprint density at radius 2 is 2.00 bits per heavy atom. The second-order valence-corrected chi connectivity index (χ2v) is 4.89. The van der Waals surface area contributed by atoms with Gasteiger partial charge < -0.3 is 20.3 Å². The number of rotatable bonds is 5. The summed E-state index contributed by atoms with van der Waals surface area (Å²) in [5.74, 6) is -0.0926. The van der Waals surface area contributed by atoms with Crippen molar-refractivity contribution in [3.63, 3.8) is 0 Å². The first-order valence-electron chi connectivity index (χ1n) is 7.12. The molecule has 22 heavy (non-hydrogen) atoms. The van der Waals surface area contributed by atoms with Gasteiger partial charge in [0.25, 0.3) is 5.91 Å². The molecule has 0 radical (unpaired) electrons. The summed E-state index contributed by atoms with van der Waals surface area (Å²) in [7, 11) is 1.80. The van der Waals surface area contributed by atoms with Gasteiger partial charge >= 0.3 is 0 Å². The highest BCUT2D eigenvalue weighted by atomic mass is 35.5. The summed E-state index contributed by atoms with van der Waals surface area (Å²) in [5.41, 5.74) is 1.23. The fraction of sp³-hybridized carbons (Fsp3) is 0.467. The number of nitrogens with zero attached hydrogens (tertiary/aromatic N) is 1. The lowest BCUT2D eigenvalue weighted by atomic mass is 10.1. The highest BCUT2D eigenvalue weighted by molar-refractivity contribution is 5.97. The molecular formula is C15H22ClN3O3. The summed E-state index contributed by atoms with van der Waals surface area (Å²) in [5, 5.41) is 5.72. The molecule has 122 valence electrons. The third-order valence-corrected chi connectivity index (χ3v) is 3.29. The number of morpholine rings is 1. The van der Waals surface area contributed by atoms with Crippen LogP contribution in [0, 0.1) is 0 Å². The molecule has 1 aliphatic heterocycles. The van der Waals surface area contributed by atoms with Crippen LogP contribution in [0.3, 0.4) is 0 Å². The number of hydrogen-bond donors (Lipinski definition) is 2. The average molecular weight is 328 g/mol. The molecule has 0 unspecified atom stereocenters. The van der Waals surface area contributed by atoms with E-state index in [1.807, 2.05) is 0 Å². The zero-order valence-corrected chi connectivity index (χ0v) is 13.4. The quantitative estimate of drug-likeness (QED) is 0.850. The molecule has 2 rings (SSSR count). The largest absolute Gasteiger partial charge is 0.378 e. The van der Waals surface area contributed by atoms with E-state index in [9.17, 15) is 9.59 Å². The van der Waals surface area contributed by atoms with Crippen LogP contribution in [0.4, 0.5) is 5.69 Å². The van der Waals surface area contributed by atoms with Crippen LogP contribution in [-0.4, -0.2) is 56.6 Å². The lowest BCUT2D eigenvalue weighted by molar-refractivity contribution is -0.116. The van der Waals surface area contributed by atoms with Gasteiger partial charge in [-0.25, -0.2) is 0 Å². The molecule has 1 aromatic carbocycles. The van der Waals surface area contributed by atoms with E-state index in [1.165, 1.54) is 0 Å². The van der Waals surface area contributed by atoms with Crippen LogP contribution in [0.5, 0.6) is 0 Å². The average Bonchev–Trinajstić information content (AvgIpc) is 2.53. The number of carbonyl (C=O) groups is 2. The Labute approximate surface area is 136 Å². The van der Waals surface area contributed by atoms with Gasteiger partial charge in [-0.3, -0.25) is 9.59 Å². The van der Waals surface area contributed by atoms with E-state index in [-0.39, 0.29) is 24.2 Å².